The van der Waals surface area contributed by atoms with Crippen LogP contribution in [0.15, 0.2) is 48.5 Å². The fourth-order valence-electron chi connectivity index (χ4n) is 5.40. The molecule has 2 aliphatic rings. The third-order valence-electron chi connectivity index (χ3n) is 7.82. The molecule has 0 bridgehead atoms. The molecule has 0 saturated carbocycles. The molecule has 1 fully saturated rings. The molecule has 13 heteroatoms. The van der Waals surface area contributed by atoms with Crippen molar-refractivity contribution in [3.05, 3.63) is 59.7 Å². The highest BCUT2D eigenvalue weighted by Crippen LogP contribution is 2.36. The monoisotopic (exact) mass is 645 g/mol. The number of fused-ring (bicyclic) bond motifs is 1. The lowest BCUT2D eigenvalue weighted by molar-refractivity contribution is 0.0541. The number of hydrogen-bond acceptors (Lipinski definition) is 9. The van der Waals surface area contributed by atoms with Gasteiger partial charge in [-0.25, -0.2) is 9.78 Å². The Hall–Kier alpha value is -4.75. The Bertz CT molecular complexity index is 1620. The van der Waals surface area contributed by atoms with Crippen LogP contribution < -0.4 is 25.6 Å². The number of rotatable bonds is 8. The second-order valence-electron chi connectivity index (χ2n) is 13.1. The summed E-state index contributed by atoms with van der Waals surface area (Å²) in [6, 6.07) is 13.1. The number of aliphatic hydroxyl groups is 1. The van der Waals surface area contributed by atoms with Gasteiger partial charge in [0, 0.05) is 42.1 Å². The molecule has 2 aromatic carbocycles. The van der Waals surface area contributed by atoms with Crippen LogP contribution in [0, 0.1) is 0 Å². The first-order valence-electron chi connectivity index (χ1n) is 15.8. The molecule has 1 aromatic heterocycles. The number of urea groups is 1. The van der Waals surface area contributed by atoms with Crippen molar-refractivity contribution in [2.45, 2.75) is 58.8 Å². The van der Waals surface area contributed by atoms with E-state index in [2.05, 4.69) is 20.9 Å². The van der Waals surface area contributed by atoms with E-state index in [1.54, 1.807) is 67.3 Å². The molecule has 3 aromatic rings. The first-order valence-corrected chi connectivity index (χ1v) is 15.8. The lowest BCUT2D eigenvalue weighted by Gasteiger charge is -2.34. The van der Waals surface area contributed by atoms with Gasteiger partial charge in [-0.2, -0.15) is 4.98 Å². The number of anilines is 3. The van der Waals surface area contributed by atoms with Gasteiger partial charge in [0.1, 0.15) is 11.2 Å². The summed E-state index contributed by atoms with van der Waals surface area (Å²) >= 11 is 0. The maximum atomic E-state index is 13.9. The summed E-state index contributed by atoms with van der Waals surface area (Å²) in [7, 11) is 0. The Labute approximate surface area is 274 Å². The molecule has 0 spiro atoms. The molecule has 13 nitrogen and oxygen atoms in total. The van der Waals surface area contributed by atoms with Gasteiger partial charge in [-0.15, -0.1) is 0 Å². The number of ether oxygens (including phenoxy) is 2. The van der Waals surface area contributed by atoms with Gasteiger partial charge in [0.15, 0.2) is 0 Å². The number of benzene rings is 2. The van der Waals surface area contributed by atoms with E-state index in [-0.39, 0.29) is 30.3 Å². The van der Waals surface area contributed by atoms with Crippen LogP contribution in [0.25, 0.3) is 11.3 Å². The molecule has 1 saturated heterocycles. The van der Waals surface area contributed by atoms with Crippen LogP contribution >= 0.6 is 0 Å². The number of amides is 4. The van der Waals surface area contributed by atoms with Gasteiger partial charge in [-0.1, -0.05) is 12.1 Å². The van der Waals surface area contributed by atoms with Crippen LogP contribution in [-0.4, -0.2) is 94.5 Å². The normalized spacial score (nSPS) is 17.7. The van der Waals surface area contributed by atoms with Crippen LogP contribution in [0.3, 0.4) is 0 Å². The second kappa shape index (κ2) is 13.5. The number of nitrogens with one attached hydrogen (secondary N) is 3. The molecule has 1 atom stereocenters. The summed E-state index contributed by atoms with van der Waals surface area (Å²) in [4.78, 5) is 52.5. The van der Waals surface area contributed by atoms with Gasteiger partial charge < -0.3 is 40.3 Å². The molecular formula is C34H43N7O6. The van der Waals surface area contributed by atoms with Crippen LogP contribution in [0.2, 0.25) is 0 Å². The standard InChI is InChI=1S/C34H43N7O6/c1-7-40-20-34(5,6)47-29-26(30(40)43)27(38-31(39-29)41-16-17-46-18-21(41)2)22-8-12-24(13-9-22)36-32(44)37-25-14-10-23(11-15-25)28(42)35-19-33(3,4)45/h8-15,21,45H,7,16-20H2,1-6H3,(H,35,42)(H2,36,37,44). The minimum Gasteiger partial charge on any atom is -0.469 e. The Kier molecular flexibility index (Phi) is 9.68. The van der Waals surface area contributed by atoms with Crippen LogP contribution in [0.4, 0.5) is 22.1 Å². The quantitative estimate of drug-likeness (QED) is 0.283. The smallest absolute Gasteiger partial charge is 0.323 e. The van der Waals surface area contributed by atoms with E-state index >= 15 is 0 Å². The van der Waals surface area contributed by atoms with Crippen molar-refractivity contribution < 1.29 is 29.0 Å². The number of carbonyl (C=O) groups is 3. The zero-order valence-corrected chi connectivity index (χ0v) is 27.7. The lowest BCUT2D eigenvalue weighted by Crippen LogP contribution is -2.44. The van der Waals surface area contributed by atoms with Gasteiger partial charge in [0.2, 0.25) is 11.8 Å². The summed E-state index contributed by atoms with van der Waals surface area (Å²) in [5.74, 6) is 0.184. The molecule has 4 amide bonds. The number of morpholine rings is 1. The van der Waals surface area contributed by atoms with E-state index in [1.165, 1.54) is 0 Å². The Morgan fingerprint density at radius 1 is 1.04 bits per heavy atom. The molecule has 0 aliphatic carbocycles. The average molecular weight is 646 g/mol. The molecule has 5 rings (SSSR count). The molecule has 0 radical (unpaired) electrons. The summed E-state index contributed by atoms with van der Waals surface area (Å²) in [6.07, 6.45) is 0. The maximum Gasteiger partial charge on any atom is 0.323 e. The minimum atomic E-state index is -1.02. The molecule has 4 N–H and O–H groups in total. The van der Waals surface area contributed by atoms with E-state index < -0.39 is 17.2 Å². The third-order valence-corrected chi connectivity index (χ3v) is 7.82. The Balaban J connectivity index is 1.36. The number of nitrogens with zero attached hydrogens (tertiary/aromatic N) is 4. The number of carbonyl (C=O) groups excluding carboxylic acids is 3. The van der Waals surface area contributed by atoms with Gasteiger partial charge in [-0.05, 0) is 77.9 Å². The van der Waals surface area contributed by atoms with E-state index in [1.807, 2.05) is 27.7 Å². The second-order valence-corrected chi connectivity index (χ2v) is 13.1. The van der Waals surface area contributed by atoms with E-state index in [0.29, 0.717) is 72.6 Å². The van der Waals surface area contributed by atoms with Crippen LogP contribution in [-0.2, 0) is 4.74 Å². The Morgan fingerprint density at radius 2 is 1.68 bits per heavy atom. The van der Waals surface area contributed by atoms with Crippen molar-refractivity contribution in [3.8, 4) is 17.1 Å². The summed E-state index contributed by atoms with van der Waals surface area (Å²) in [5.41, 5.74) is 1.16. The highest BCUT2D eigenvalue weighted by molar-refractivity contribution is 6.03. The fourth-order valence-corrected chi connectivity index (χ4v) is 5.40. The van der Waals surface area contributed by atoms with Gasteiger partial charge in [0.25, 0.3) is 11.8 Å². The van der Waals surface area contributed by atoms with Crippen molar-refractivity contribution in [1.29, 1.82) is 0 Å². The molecule has 47 heavy (non-hydrogen) atoms. The molecular weight excluding hydrogens is 602 g/mol. The lowest BCUT2D eigenvalue weighted by atomic mass is 10.0. The number of hydrogen-bond donors (Lipinski definition) is 4. The van der Waals surface area contributed by atoms with Gasteiger partial charge in [0.05, 0.1) is 37.1 Å². The minimum absolute atomic E-state index is 0.0356. The summed E-state index contributed by atoms with van der Waals surface area (Å²) in [6.45, 7) is 13.8. The first kappa shape index (κ1) is 33.6. The van der Waals surface area contributed by atoms with E-state index in [0.717, 1.165) is 0 Å². The highest BCUT2D eigenvalue weighted by Gasteiger charge is 2.38. The predicted molar refractivity (Wildman–Crippen MR) is 179 cm³/mol. The average Bonchev–Trinajstić information content (AvgIpc) is 3.12. The summed E-state index contributed by atoms with van der Waals surface area (Å²) in [5, 5.41) is 18.1. The fraction of sp³-hybridized carbons (Fsp3) is 0.441. The zero-order chi connectivity index (χ0) is 33.9. The van der Waals surface area contributed by atoms with Gasteiger partial charge in [-0.3, -0.25) is 9.59 Å². The summed E-state index contributed by atoms with van der Waals surface area (Å²) < 4.78 is 12.0. The van der Waals surface area contributed by atoms with Crippen molar-refractivity contribution in [3.63, 3.8) is 0 Å². The number of likely N-dealkylation sites (N-methyl/N-ethyl adjacent to an activating group) is 1. The Morgan fingerprint density at radius 3 is 2.28 bits per heavy atom. The third kappa shape index (κ3) is 8.16. The van der Waals surface area contributed by atoms with Crippen molar-refractivity contribution >= 4 is 35.2 Å². The SMILES string of the molecule is CCN1CC(C)(C)Oc2nc(N3CCOCC3C)nc(-c3ccc(NC(=O)Nc4ccc(C(=O)NCC(C)(C)O)cc4)cc3)c2C1=O. The number of aromatic nitrogens is 2. The molecule has 1 unspecified atom stereocenters. The van der Waals surface area contributed by atoms with Crippen LogP contribution in [0.1, 0.15) is 62.3 Å². The van der Waals surface area contributed by atoms with Crippen molar-refractivity contribution in [1.82, 2.24) is 20.2 Å². The maximum absolute atomic E-state index is 13.9. The van der Waals surface area contributed by atoms with Gasteiger partial charge >= 0.3 is 6.03 Å². The predicted octanol–water partition coefficient (Wildman–Crippen LogP) is 4.15. The van der Waals surface area contributed by atoms with Crippen molar-refractivity contribution in [2.75, 3.05) is 54.9 Å². The highest BCUT2D eigenvalue weighted by atomic mass is 16.5. The largest absolute Gasteiger partial charge is 0.469 e. The van der Waals surface area contributed by atoms with Crippen LogP contribution in [0.5, 0.6) is 5.88 Å². The van der Waals surface area contributed by atoms with Crippen molar-refractivity contribution in [2.24, 2.45) is 0 Å². The molecule has 250 valence electrons. The first-order chi connectivity index (χ1) is 22.2. The van der Waals surface area contributed by atoms with E-state index in [9.17, 15) is 19.5 Å². The topological polar surface area (TPSA) is 158 Å². The molecule has 3 heterocycles. The van der Waals surface area contributed by atoms with E-state index in [4.69, 9.17) is 19.4 Å². The molecule has 2 aliphatic heterocycles. The zero-order valence-electron chi connectivity index (χ0n) is 27.7.